The van der Waals surface area contributed by atoms with Crippen molar-refractivity contribution >= 4 is 16.5 Å². The van der Waals surface area contributed by atoms with Gasteiger partial charge in [-0.2, -0.15) is 0 Å². The van der Waals surface area contributed by atoms with Gasteiger partial charge in [-0.1, -0.05) is 40.4 Å². The number of hydrogen-bond donors (Lipinski definition) is 1. The van der Waals surface area contributed by atoms with Crippen LogP contribution in [0.2, 0.25) is 37.8 Å². The van der Waals surface area contributed by atoms with Crippen molar-refractivity contribution in [2.75, 3.05) is 0 Å². The average molecular weight is 203 g/mol. The first kappa shape index (κ1) is 12.4. The van der Waals surface area contributed by atoms with Crippen LogP contribution in [0.15, 0.2) is 0 Å². The Labute approximate surface area is 80.1 Å². The normalized spacial score (nSPS) is 13.5. The molecule has 0 aromatic heterocycles. The standard InChI is InChI=1S/C9H25NSi2/c1-7-12(8-2,9-3)10-11(4,5)6/h10H,7-9H2,1-6H3. The van der Waals surface area contributed by atoms with E-state index in [1.807, 2.05) is 0 Å². The molecule has 1 N–H and O–H groups in total. The number of hydrogen-bond acceptors (Lipinski definition) is 1. The number of rotatable bonds is 5. The molecular formula is C9H25NSi2. The molecule has 0 bridgehead atoms. The van der Waals surface area contributed by atoms with Gasteiger partial charge in [0.25, 0.3) is 0 Å². The van der Waals surface area contributed by atoms with Crippen LogP contribution in [0.1, 0.15) is 20.8 Å². The zero-order chi connectivity index (χ0) is 9.83. The Morgan fingerprint density at radius 3 is 1.25 bits per heavy atom. The van der Waals surface area contributed by atoms with Crippen molar-refractivity contribution in [1.29, 1.82) is 0 Å². The highest BCUT2D eigenvalue weighted by molar-refractivity contribution is 6.91. The topological polar surface area (TPSA) is 12.0 Å². The summed E-state index contributed by atoms with van der Waals surface area (Å²) in [6.07, 6.45) is 0. The molecule has 0 amide bonds. The second kappa shape index (κ2) is 4.58. The Morgan fingerprint density at radius 2 is 1.17 bits per heavy atom. The van der Waals surface area contributed by atoms with Gasteiger partial charge in [-0.15, -0.1) is 0 Å². The lowest BCUT2D eigenvalue weighted by Crippen LogP contribution is -2.59. The molecule has 0 unspecified atom stereocenters. The fourth-order valence-corrected chi connectivity index (χ4v) is 11.8. The Kier molecular flexibility index (Phi) is 4.73. The van der Waals surface area contributed by atoms with Crippen LogP contribution >= 0.6 is 0 Å². The van der Waals surface area contributed by atoms with E-state index in [0.717, 1.165) is 0 Å². The van der Waals surface area contributed by atoms with Crippen molar-refractivity contribution in [1.82, 2.24) is 4.65 Å². The Bertz CT molecular complexity index is 117. The highest BCUT2D eigenvalue weighted by Crippen LogP contribution is 2.19. The highest BCUT2D eigenvalue weighted by Gasteiger charge is 2.31. The molecule has 0 aliphatic rings. The molecule has 0 rings (SSSR count). The Morgan fingerprint density at radius 1 is 0.833 bits per heavy atom. The molecule has 0 aromatic carbocycles. The molecule has 0 atom stereocenters. The van der Waals surface area contributed by atoms with Crippen molar-refractivity contribution in [3.05, 3.63) is 0 Å². The molecule has 0 fully saturated rings. The molecule has 0 aliphatic heterocycles. The fourth-order valence-electron chi connectivity index (χ4n) is 1.81. The molecule has 0 saturated heterocycles. The molecule has 0 radical (unpaired) electrons. The quantitative estimate of drug-likeness (QED) is 0.675. The zero-order valence-electron chi connectivity index (χ0n) is 9.62. The van der Waals surface area contributed by atoms with Gasteiger partial charge in [0.1, 0.15) is 16.5 Å². The van der Waals surface area contributed by atoms with Gasteiger partial charge >= 0.3 is 0 Å². The van der Waals surface area contributed by atoms with Crippen molar-refractivity contribution in [3.8, 4) is 0 Å². The van der Waals surface area contributed by atoms with Gasteiger partial charge < -0.3 is 4.65 Å². The second-order valence-corrected chi connectivity index (χ2v) is 14.9. The maximum atomic E-state index is 4.00. The SMILES string of the molecule is CC[Si](CC)(CC)N[Si](C)(C)C. The minimum Gasteiger partial charge on any atom is -0.359 e. The lowest BCUT2D eigenvalue weighted by atomic mass is 10.9. The van der Waals surface area contributed by atoms with Crippen molar-refractivity contribution in [2.45, 2.75) is 58.5 Å². The van der Waals surface area contributed by atoms with Crippen LogP contribution < -0.4 is 4.65 Å². The van der Waals surface area contributed by atoms with E-state index >= 15 is 0 Å². The van der Waals surface area contributed by atoms with Crippen LogP contribution in [-0.4, -0.2) is 16.5 Å². The number of nitrogens with one attached hydrogen (secondary N) is 1. The van der Waals surface area contributed by atoms with Crippen LogP contribution in [0.3, 0.4) is 0 Å². The molecule has 0 aromatic rings. The van der Waals surface area contributed by atoms with Crippen LogP contribution in [0.5, 0.6) is 0 Å². The monoisotopic (exact) mass is 203 g/mol. The first-order valence-electron chi connectivity index (χ1n) is 5.18. The molecule has 3 heteroatoms. The van der Waals surface area contributed by atoms with Crippen LogP contribution in [-0.2, 0) is 0 Å². The molecule has 0 saturated carbocycles. The summed E-state index contributed by atoms with van der Waals surface area (Å²) in [6.45, 7) is 14.3. The minimum absolute atomic E-state index is 1.04. The van der Waals surface area contributed by atoms with E-state index in [2.05, 4.69) is 45.1 Å². The van der Waals surface area contributed by atoms with Crippen LogP contribution in [0.4, 0.5) is 0 Å². The summed E-state index contributed by atoms with van der Waals surface area (Å²) in [4.78, 5) is 0. The van der Waals surface area contributed by atoms with Gasteiger partial charge in [-0.25, -0.2) is 0 Å². The smallest absolute Gasteiger partial charge is 0.118 e. The molecule has 12 heavy (non-hydrogen) atoms. The van der Waals surface area contributed by atoms with Crippen molar-refractivity contribution in [3.63, 3.8) is 0 Å². The Hall–Kier alpha value is 0.394. The van der Waals surface area contributed by atoms with Crippen molar-refractivity contribution in [2.24, 2.45) is 0 Å². The molecule has 74 valence electrons. The van der Waals surface area contributed by atoms with E-state index in [1.54, 1.807) is 0 Å². The van der Waals surface area contributed by atoms with Gasteiger partial charge in [0.15, 0.2) is 0 Å². The van der Waals surface area contributed by atoms with E-state index in [1.165, 1.54) is 18.1 Å². The molecular weight excluding hydrogens is 178 g/mol. The third-order valence-electron chi connectivity index (χ3n) is 2.67. The largest absolute Gasteiger partial charge is 0.359 e. The van der Waals surface area contributed by atoms with Gasteiger partial charge in [0, 0.05) is 0 Å². The molecule has 0 spiro atoms. The fraction of sp³-hybridized carbons (Fsp3) is 1.00. The molecule has 1 nitrogen and oxygen atoms in total. The summed E-state index contributed by atoms with van der Waals surface area (Å²) in [5, 5.41) is 0. The molecule has 0 heterocycles. The van der Waals surface area contributed by atoms with E-state index in [0.29, 0.717) is 0 Å². The van der Waals surface area contributed by atoms with E-state index < -0.39 is 16.5 Å². The average Bonchev–Trinajstić information content (AvgIpc) is 1.99. The summed E-state index contributed by atoms with van der Waals surface area (Å²) in [6, 6.07) is 4.18. The maximum absolute atomic E-state index is 4.00. The summed E-state index contributed by atoms with van der Waals surface area (Å²) in [7, 11) is -2.08. The highest BCUT2D eigenvalue weighted by atomic mass is 28.4. The minimum atomic E-state index is -1.04. The predicted molar refractivity (Wildman–Crippen MR) is 63.7 cm³/mol. The van der Waals surface area contributed by atoms with Gasteiger partial charge in [0.2, 0.25) is 0 Å². The van der Waals surface area contributed by atoms with Crippen molar-refractivity contribution < 1.29 is 0 Å². The summed E-state index contributed by atoms with van der Waals surface area (Å²) < 4.78 is 4.00. The Balaban J connectivity index is 4.30. The summed E-state index contributed by atoms with van der Waals surface area (Å²) in [5.41, 5.74) is 0. The predicted octanol–water partition coefficient (Wildman–Crippen LogP) is 3.42. The first-order valence-corrected chi connectivity index (χ1v) is 11.3. The second-order valence-electron chi connectivity index (χ2n) is 4.72. The van der Waals surface area contributed by atoms with Gasteiger partial charge in [-0.05, 0) is 18.1 Å². The lowest BCUT2D eigenvalue weighted by Gasteiger charge is -2.36. The third-order valence-corrected chi connectivity index (χ3v) is 11.9. The third kappa shape index (κ3) is 3.87. The van der Waals surface area contributed by atoms with Gasteiger partial charge in [0.05, 0.1) is 0 Å². The zero-order valence-corrected chi connectivity index (χ0v) is 11.6. The van der Waals surface area contributed by atoms with E-state index in [-0.39, 0.29) is 0 Å². The maximum Gasteiger partial charge on any atom is 0.118 e. The molecule has 0 aliphatic carbocycles. The summed E-state index contributed by atoms with van der Waals surface area (Å²) in [5.74, 6) is 0. The van der Waals surface area contributed by atoms with E-state index in [9.17, 15) is 0 Å². The summed E-state index contributed by atoms with van der Waals surface area (Å²) >= 11 is 0. The van der Waals surface area contributed by atoms with Gasteiger partial charge in [-0.3, -0.25) is 0 Å². The van der Waals surface area contributed by atoms with Crippen LogP contribution in [0, 0.1) is 0 Å². The first-order chi connectivity index (χ1) is 5.39. The van der Waals surface area contributed by atoms with E-state index in [4.69, 9.17) is 0 Å². The van der Waals surface area contributed by atoms with Crippen LogP contribution in [0.25, 0.3) is 0 Å². The lowest BCUT2D eigenvalue weighted by molar-refractivity contribution is 1.08.